The van der Waals surface area contributed by atoms with Gasteiger partial charge in [0.05, 0.1) is 12.2 Å². The maximum absolute atomic E-state index is 4.53. The molecular weight excluding hydrogens is 246 g/mol. The molecule has 1 aromatic heterocycles. The van der Waals surface area contributed by atoms with Crippen LogP contribution in [-0.4, -0.2) is 9.97 Å². The highest BCUT2D eigenvalue weighted by atomic mass is 15.1. The lowest BCUT2D eigenvalue weighted by Crippen LogP contribution is -2.22. The van der Waals surface area contributed by atoms with Crippen LogP contribution < -0.4 is 4.90 Å². The number of benzene rings is 1. The first kappa shape index (κ1) is 12.6. The van der Waals surface area contributed by atoms with Crippen LogP contribution in [0, 0.1) is 6.92 Å². The van der Waals surface area contributed by atoms with Gasteiger partial charge in [-0.25, -0.2) is 9.97 Å². The van der Waals surface area contributed by atoms with Gasteiger partial charge in [0.15, 0.2) is 0 Å². The second-order valence-electron chi connectivity index (χ2n) is 5.04. The molecule has 0 unspecified atom stereocenters. The zero-order valence-electron chi connectivity index (χ0n) is 11.8. The molecule has 20 heavy (non-hydrogen) atoms. The van der Waals surface area contributed by atoms with Gasteiger partial charge in [-0.2, -0.15) is 0 Å². The fourth-order valence-electron chi connectivity index (χ4n) is 2.42. The largest absolute Gasteiger partial charge is 0.341 e. The molecule has 0 bridgehead atoms. The van der Waals surface area contributed by atoms with Crippen LogP contribution in [0.5, 0.6) is 0 Å². The summed E-state index contributed by atoms with van der Waals surface area (Å²) in [6.07, 6.45) is 6.08. The second-order valence-corrected chi connectivity index (χ2v) is 5.04. The van der Waals surface area contributed by atoms with E-state index in [1.807, 2.05) is 26.1 Å². The molecule has 100 valence electrons. The van der Waals surface area contributed by atoms with Crippen LogP contribution in [0.4, 0.5) is 5.69 Å². The Bertz CT molecular complexity index is 701. The van der Waals surface area contributed by atoms with Gasteiger partial charge in [0.25, 0.3) is 0 Å². The van der Waals surface area contributed by atoms with Gasteiger partial charge in [0, 0.05) is 23.1 Å². The van der Waals surface area contributed by atoms with Crippen molar-refractivity contribution in [2.45, 2.75) is 20.4 Å². The van der Waals surface area contributed by atoms with E-state index in [0.29, 0.717) is 0 Å². The monoisotopic (exact) mass is 263 g/mol. The van der Waals surface area contributed by atoms with Gasteiger partial charge in [-0.15, -0.1) is 0 Å². The lowest BCUT2D eigenvalue weighted by molar-refractivity contribution is 0.880. The van der Waals surface area contributed by atoms with Crippen LogP contribution in [0.2, 0.25) is 0 Å². The van der Waals surface area contributed by atoms with Crippen molar-refractivity contribution in [2.75, 3.05) is 4.90 Å². The Balaban J connectivity index is 2.19. The SMILES string of the molecule is C=C(C)N1Cc2cnc(C)nc2/C=C\c2ccccc21. The summed E-state index contributed by atoms with van der Waals surface area (Å²) < 4.78 is 0. The van der Waals surface area contributed by atoms with Crippen LogP contribution in [0.25, 0.3) is 12.2 Å². The van der Waals surface area contributed by atoms with Gasteiger partial charge in [0.1, 0.15) is 5.82 Å². The Labute approximate surface area is 119 Å². The number of para-hydroxylation sites is 1. The van der Waals surface area contributed by atoms with Crippen molar-refractivity contribution < 1.29 is 0 Å². The molecule has 2 heterocycles. The van der Waals surface area contributed by atoms with Gasteiger partial charge >= 0.3 is 0 Å². The summed E-state index contributed by atoms with van der Waals surface area (Å²) >= 11 is 0. The maximum atomic E-state index is 4.53. The first-order chi connectivity index (χ1) is 9.65. The fraction of sp³-hybridized carbons (Fsp3) is 0.176. The van der Waals surface area contributed by atoms with Crippen molar-refractivity contribution in [1.82, 2.24) is 9.97 Å². The molecule has 3 rings (SSSR count). The molecule has 0 spiro atoms. The number of fused-ring (bicyclic) bond motifs is 2. The van der Waals surface area contributed by atoms with Crippen LogP contribution in [-0.2, 0) is 6.54 Å². The summed E-state index contributed by atoms with van der Waals surface area (Å²) in [7, 11) is 0. The molecule has 0 atom stereocenters. The molecule has 0 aliphatic carbocycles. The Hall–Kier alpha value is -2.42. The Morgan fingerprint density at radius 2 is 2.05 bits per heavy atom. The maximum Gasteiger partial charge on any atom is 0.125 e. The lowest BCUT2D eigenvalue weighted by atomic mass is 10.1. The highest BCUT2D eigenvalue weighted by molar-refractivity contribution is 5.79. The van der Waals surface area contributed by atoms with E-state index in [1.54, 1.807) is 0 Å². The smallest absolute Gasteiger partial charge is 0.125 e. The van der Waals surface area contributed by atoms with Gasteiger partial charge in [-0.05, 0) is 31.6 Å². The number of nitrogens with zero attached hydrogens (tertiary/aromatic N) is 3. The van der Waals surface area contributed by atoms with Crippen LogP contribution in [0.1, 0.15) is 29.6 Å². The number of rotatable bonds is 1. The first-order valence-electron chi connectivity index (χ1n) is 6.68. The van der Waals surface area contributed by atoms with E-state index in [2.05, 4.69) is 51.8 Å². The molecule has 1 aromatic carbocycles. The summed E-state index contributed by atoms with van der Waals surface area (Å²) in [5, 5.41) is 0. The third kappa shape index (κ3) is 2.23. The van der Waals surface area contributed by atoms with Gasteiger partial charge < -0.3 is 4.90 Å². The van der Waals surface area contributed by atoms with Gasteiger partial charge in [-0.1, -0.05) is 30.9 Å². The molecule has 2 aromatic rings. The van der Waals surface area contributed by atoms with E-state index >= 15 is 0 Å². The number of aromatic nitrogens is 2. The summed E-state index contributed by atoms with van der Waals surface area (Å²) in [6, 6.07) is 8.33. The Morgan fingerprint density at radius 3 is 2.85 bits per heavy atom. The van der Waals surface area contributed by atoms with Crippen LogP contribution in [0.15, 0.2) is 42.7 Å². The zero-order chi connectivity index (χ0) is 14.1. The number of aryl methyl sites for hydroxylation is 1. The Kier molecular flexibility index (Phi) is 3.11. The van der Waals surface area contributed by atoms with Crippen molar-refractivity contribution in [3.8, 4) is 0 Å². The molecular formula is C17H17N3. The van der Waals surface area contributed by atoms with E-state index in [1.165, 1.54) is 11.3 Å². The molecule has 3 heteroatoms. The molecule has 0 N–H and O–H groups in total. The fourth-order valence-corrected chi connectivity index (χ4v) is 2.42. The minimum absolute atomic E-state index is 0.742. The van der Waals surface area contributed by atoms with E-state index in [9.17, 15) is 0 Å². The molecule has 0 fully saturated rings. The third-order valence-electron chi connectivity index (χ3n) is 3.46. The zero-order valence-corrected chi connectivity index (χ0v) is 11.8. The predicted octanol–water partition coefficient (Wildman–Crippen LogP) is 3.81. The average molecular weight is 263 g/mol. The standard InChI is InChI=1S/C17H17N3/c1-12(2)20-11-15-10-18-13(3)19-16(15)9-8-14-6-4-5-7-17(14)20/h4-10H,1,11H2,2-3H3/b9-8-. The van der Waals surface area contributed by atoms with Crippen LogP contribution >= 0.6 is 0 Å². The quantitative estimate of drug-likeness (QED) is 0.783. The number of hydrogen-bond acceptors (Lipinski definition) is 3. The second kappa shape index (κ2) is 4.93. The molecule has 0 saturated heterocycles. The normalized spacial score (nSPS) is 14.8. The molecule has 1 aliphatic heterocycles. The van der Waals surface area contributed by atoms with Crippen molar-refractivity contribution in [3.05, 3.63) is 65.4 Å². The lowest BCUT2D eigenvalue weighted by Gasteiger charge is -2.28. The summed E-state index contributed by atoms with van der Waals surface area (Å²) in [5.74, 6) is 0.795. The van der Waals surface area contributed by atoms with Gasteiger partial charge in [-0.3, -0.25) is 0 Å². The van der Waals surface area contributed by atoms with E-state index in [4.69, 9.17) is 0 Å². The molecule has 3 nitrogen and oxygen atoms in total. The van der Waals surface area contributed by atoms with E-state index in [0.717, 1.165) is 29.3 Å². The molecule has 0 saturated carbocycles. The molecule has 0 amide bonds. The van der Waals surface area contributed by atoms with E-state index < -0.39 is 0 Å². The third-order valence-corrected chi connectivity index (χ3v) is 3.46. The first-order valence-corrected chi connectivity index (χ1v) is 6.68. The minimum Gasteiger partial charge on any atom is -0.341 e. The van der Waals surface area contributed by atoms with Crippen molar-refractivity contribution in [1.29, 1.82) is 0 Å². The summed E-state index contributed by atoms with van der Waals surface area (Å²) in [5.41, 5.74) is 5.46. The van der Waals surface area contributed by atoms with Gasteiger partial charge in [0.2, 0.25) is 0 Å². The van der Waals surface area contributed by atoms with Crippen LogP contribution in [0.3, 0.4) is 0 Å². The summed E-state index contributed by atoms with van der Waals surface area (Å²) in [6.45, 7) is 8.78. The number of anilines is 1. The van der Waals surface area contributed by atoms with Crippen molar-refractivity contribution in [3.63, 3.8) is 0 Å². The molecule has 1 aliphatic rings. The van der Waals surface area contributed by atoms with E-state index in [-0.39, 0.29) is 0 Å². The minimum atomic E-state index is 0.742. The van der Waals surface area contributed by atoms with Crippen molar-refractivity contribution >= 4 is 17.8 Å². The van der Waals surface area contributed by atoms with Crippen molar-refractivity contribution in [2.24, 2.45) is 0 Å². The summed E-state index contributed by atoms with van der Waals surface area (Å²) in [4.78, 5) is 11.0. The molecule has 0 radical (unpaired) electrons. The topological polar surface area (TPSA) is 29.0 Å². The predicted molar refractivity (Wildman–Crippen MR) is 83.1 cm³/mol. The number of hydrogen-bond donors (Lipinski definition) is 0. The highest BCUT2D eigenvalue weighted by Crippen LogP contribution is 2.29. The average Bonchev–Trinajstić information content (AvgIpc) is 2.42. The highest BCUT2D eigenvalue weighted by Gasteiger charge is 2.16. The Morgan fingerprint density at radius 1 is 1.25 bits per heavy atom. The number of allylic oxidation sites excluding steroid dienone is 1.